The fourth-order valence-corrected chi connectivity index (χ4v) is 5.85. The Balaban J connectivity index is 1.72. The van der Waals surface area contributed by atoms with Crippen LogP contribution >= 0.6 is 11.8 Å². The Bertz CT molecular complexity index is 1190. The molecule has 0 saturated carbocycles. The molecule has 196 valence electrons. The van der Waals surface area contributed by atoms with E-state index >= 15 is 0 Å². The molecule has 0 aromatic heterocycles. The van der Waals surface area contributed by atoms with Crippen LogP contribution < -0.4 is 0 Å². The first-order chi connectivity index (χ1) is 17.5. The summed E-state index contributed by atoms with van der Waals surface area (Å²) in [6.07, 6.45) is 4.55. The maximum Gasteiger partial charge on any atom is 0.0135 e. The van der Waals surface area contributed by atoms with E-state index in [-0.39, 0.29) is 0 Å². The number of hydrogen-bond donors (Lipinski definition) is 0. The van der Waals surface area contributed by atoms with Crippen LogP contribution in [-0.2, 0) is 12.8 Å². The van der Waals surface area contributed by atoms with Gasteiger partial charge in [-0.25, -0.2) is 0 Å². The number of benzene rings is 3. The van der Waals surface area contributed by atoms with Crippen LogP contribution in [0.4, 0.5) is 0 Å². The van der Waals surface area contributed by atoms with E-state index in [0.29, 0.717) is 16.6 Å². The topological polar surface area (TPSA) is 0 Å². The zero-order valence-electron chi connectivity index (χ0n) is 24.2. The zero-order chi connectivity index (χ0) is 27.2. The van der Waals surface area contributed by atoms with E-state index < -0.39 is 0 Å². The Morgan fingerprint density at radius 3 is 1.95 bits per heavy atom. The average Bonchev–Trinajstić information content (AvgIpc) is 2.85. The van der Waals surface area contributed by atoms with Crippen molar-refractivity contribution in [1.82, 2.24) is 0 Å². The molecule has 1 unspecified atom stereocenters. The molecule has 37 heavy (non-hydrogen) atoms. The Morgan fingerprint density at radius 1 is 0.838 bits per heavy atom. The van der Waals surface area contributed by atoms with Gasteiger partial charge in [-0.1, -0.05) is 121 Å². The number of rotatable bonds is 12. The molecule has 3 aromatic carbocycles. The molecule has 0 aliphatic heterocycles. The minimum Gasteiger partial charge on any atom is -0.123 e. The summed E-state index contributed by atoms with van der Waals surface area (Å²) in [6, 6.07) is 25.2. The van der Waals surface area contributed by atoms with Gasteiger partial charge in [0.25, 0.3) is 0 Å². The van der Waals surface area contributed by atoms with Crippen molar-refractivity contribution in [2.24, 2.45) is 11.3 Å². The van der Waals surface area contributed by atoms with E-state index in [0.717, 1.165) is 23.3 Å². The van der Waals surface area contributed by atoms with Gasteiger partial charge in [-0.05, 0) is 89.0 Å². The lowest BCUT2D eigenvalue weighted by molar-refractivity contribution is 0.248. The zero-order valence-corrected chi connectivity index (χ0v) is 25.0. The standard InChI is InChI=1S/C36H46S/c1-10-11-34(37-28(7)25(2)3)23-29-12-18-32(19-13-29)35-21-20-33(22-27(35)6)31-16-14-30(15-17-31)24-36(8,9)26(4)5/h12-22,26,34H,2,7,10-11,23-24H2,1,3-6,8-9H3. The SMILES string of the molecule is C=C(C)C(=C)SC(CCC)Cc1ccc(-c2ccc(-c3ccc(CC(C)(C)C(C)C)cc3)cc2C)cc1. The van der Waals surface area contributed by atoms with Crippen molar-refractivity contribution < 1.29 is 0 Å². The second-order valence-corrected chi connectivity index (χ2v) is 13.1. The van der Waals surface area contributed by atoms with Gasteiger partial charge in [-0.3, -0.25) is 0 Å². The van der Waals surface area contributed by atoms with Crippen molar-refractivity contribution in [3.63, 3.8) is 0 Å². The quantitative estimate of drug-likeness (QED) is 0.218. The van der Waals surface area contributed by atoms with E-state index in [4.69, 9.17) is 0 Å². The van der Waals surface area contributed by atoms with Crippen molar-refractivity contribution in [1.29, 1.82) is 0 Å². The van der Waals surface area contributed by atoms with E-state index in [9.17, 15) is 0 Å². The Kier molecular flexibility index (Phi) is 10.1. The minimum absolute atomic E-state index is 0.310. The highest BCUT2D eigenvalue weighted by Crippen LogP contribution is 2.34. The molecule has 1 atom stereocenters. The van der Waals surface area contributed by atoms with Crippen LogP contribution in [0.5, 0.6) is 0 Å². The largest absolute Gasteiger partial charge is 0.123 e. The van der Waals surface area contributed by atoms with Gasteiger partial charge in [0.1, 0.15) is 0 Å². The van der Waals surface area contributed by atoms with Crippen molar-refractivity contribution in [2.45, 2.75) is 79.4 Å². The molecule has 0 nitrogen and oxygen atoms in total. The molecule has 0 bridgehead atoms. The first-order valence-corrected chi connectivity index (χ1v) is 14.7. The molecule has 0 heterocycles. The lowest BCUT2D eigenvalue weighted by Gasteiger charge is -2.29. The van der Waals surface area contributed by atoms with E-state index in [1.807, 2.05) is 18.7 Å². The molecule has 0 aliphatic rings. The van der Waals surface area contributed by atoms with Gasteiger partial charge in [0.05, 0.1) is 0 Å². The molecule has 0 fully saturated rings. The predicted octanol–water partition coefficient (Wildman–Crippen LogP) is 11.1. The van der Waals surface area contributed by atoms with Gasteiger partial charge < -0.3 is 0 Å². The lowest BCUT2D eigenvalue weighted by Crippen LogP contribution is -2.21. The Morgan fingerprint density at radius 2 is 1.41 bits per heavy atom. The van der Waals surface area contributed by atoms with Crippen LogP contribution in [0.1, 0.15) is 71.1 Å². The van der Waals surface area contributed by atoms with Crippen LogP contribution in [-0.4, -0.2) is 5.25 Å². The summed E-state index contributed by atoms with van der Waals surface area (Å²) in [4.78, 5) is 1.11. The van der Waals surface area contributed by atoms with Crippen LogP contribution in [0.3, 0.4) is 0 Å². The third-order valence-corrected chi connectivity index (χ3v) is 9.23. The van der Waals surface area contributed by atoms with Crippen molar-refractivity contribution >= 4 is 11.8 Å². The highest BCUT2D eigenvalue weighted by atomic mass is 32.2. The molecule has 0 N–H and O–H groups in total. The van der Waals surface area contributed by atoms with Crippen molar-refractivity contribution in [3.05, 3.63) is 107 Å². The molecule has 0 amide bonds. The van der Waals surface area contributed by atoms with Crippen molar-refractivity contribution in [2.75, 3.05) is 0 Å². The highest BCUT2D eigenvalue weighted by molar-refractivity contribution is 8.03. The predicted molar refractivity (Wildman–Crippen MR) is 168 cm³/mol. The van der Waals surface area contributed by atoms with Gasteiger partial charge in [0.2, 0.25) is 0 Å². The van der Waals surface area contributed by atoms with Crippen LogP contribution in [0.25, 0.3) is 22.3 Å². The highest BCUT2D eigenvalue weighted by Gasteiger charge is 2.22. The molecule has 0 saturated heterocycles. The van der Waals surface area contributed by atoms with Gasteiger partial charge in [0, 0.05) is 10.2 Å². The minimum atomic E-state index is 0.310. The van der Waals surface area contributed by atoms with Gasteiger partial charge in [-0.2, -0.15) is 0 Å². The fourth-order valence-electron chi connectivity index (χ4n) is 4.62. The number of thioether (sulfide) groups is 1. The summed E-state index contributed by atoms with van der Waals surface area (Å²) in [6.45, 7) is 24.1. The summed E-state index contributed by atoms with van der Waals surface area (Å²) < 4.78 is 0. The average molecular weight is 511 g/mol. The summed E-state index contributed by atoms with van der Waals surface area (Å²) in [7, 11) is 0. The fraction of sp³-hybridized carbons (Fsp3) is 0.389. The third kappa shape index (κ3) is 7.99. The van der Waals surface area contributed by atoms with Crippen LogP contribution in [0, 0.1) is 18.3 Å². The van der Waals surface area contributed by atoms with Crippen LogP contribution in [0.15, 0.2) is 90.4 Å². The molecule has 0 radical (unpaired) electrons. The Labute approximate surface area is 231 Å². The molecule has 0 aliphatic carbocycles. The first-order valence-electron chi connectivity index (χ1n) is 13.8. The van der Waals surface area contributed by atoms with Gasteiger partial charge in [0.15, 0.2) is 0 Å². The summed E-state index contributed by atoms with van der Waals surface area (Å²) in [5, 5.41) is 0.545. The number of allylic oxidation sites excluding steroid dienone is 1. The first kappa shape index (κ1) is 29.1. The molecule has 1 heteroatoms. The normalized spacial score (nSPS) is 12.5. The summed E-state index contributed by atoms with van der Waals surface area (Å²) in [5.74, 6) is 0.662. The number of hydrogen-bond acceptors (Lipinski definition) is 1. The van der Waals surface area contributed by atoms with Gasteiger partial charge in [-0.15, -0.1) is 11.8 Å². The van der Waals surface area contributed by atoms with Gasteiger partial charge >= 0.3 is 0 Å². The number of aryl methyl sites for hydroxylation is 1. The smallest absolute Gasteiger partial charge is 0.0135 e. The van der Waals surface area contributed by atoms with Crippen LogP contribution in [0.2, 0.25) is 0 Å². The molecular formula is C36H46S. The monoisotopic (exact) mass is 510 g/mol. The molecule has 3 rings (SSSR count). The second-order valence-electron chi connectivity index (χ2n) is 11.7. The third-order valence-electron chi connectivity index (χ3n) is 7.86. The van der Waals surface area contributed by atoms with E-state index in [2.05, 4.69) is 121 Å². The lowest BCUT2D eigenvalue weighted by atomic mass is 9.76. The maximum atomic E-state index is 4.20. The molecule has 0 spiro atoms. The second kappa shape index (κ2) is 12.8. The van der Waals surface area contributed by atoms with Crippen molar-refractivity contribution in [3.8, 4) is 22.3 Å². The molecule has 3 aromatic rings. The summed E-state index contributed by atoms with van der Waals surface area (Å²) >= 11 is 1.89. The molecular weight excluding hydrogens is 464 g/mol. The maximum absolute atomic E-state index is 4.20. The van der Waals surface area contributed by atoms with E-state index in [1.165, 1.54) is 51.8 Å². The summed E-state index contributed by atoms with van der Waals surface area (Å²) in [5.41, 5.74) is 10.7. The van der Waals surface area contributed by atoms with E-state index in [1.54, 1.807) is 0 Å². The Hall–Kier alpha value is -2.51.